The Balaban J connectivity index is 2.31. The van der Waals surface area contributed by atoms with Crippen molar-refractivity contribution in [2.75, 3.05) is 6.61 Å². The predicted octanol–water partition coefficient (Wildman–Crippen LogP) is 4.85. The number of esters is 1. The molecule has 1 heterocycles. The van der Waals surface area contributed by atoms with Crippen LogP contribution in [0.2, 0.25) is 0 Å². The predicted molar refractivity (Wildman–Crippen MR) is 143 cm³/mol. The first kappa shape index (κ1) is 33.5. The van der Waals surface area contributed by atoms with Crippen molar-refractivity contribution in [2.45, 2.75) is 128 Å². The van der Waals surface area contributed by atoms with Gasteiger partial charge in [-0.25, -0.2) is 9.18 Å². The molecular weight excluding hydrogens is 495 g/mol. The van der Waals surface area contributed by atoms with Gasteiger partial charge in [0.15, 0.2) is 12.3 Å². The number of unbranched alkanes of at least 4 members (excludes halogenated alkanes) is 12. The lowest BCUT2D eigenvalue weighted by atomic mass is 9.88. The fourth-order valence-electron chi connectivity index (χ4n) is 4.55. The summed E-state index contributed by atoms with van der Waals surface area (Å²) in [6, 6.07) is -1.11. The Morgan fingerprint density at radius 2 is 1.58 bits per heavy atom. The molecule has 0 saturated carbocycles. The number of alkyl halides is 1. The smallest absolute Gasteiger partial charge is 0.370 e. The van der Waals surface area contributed by atoms with Crippen LogP contribution in [-0.4, -0.2) is 65.3 Å². The number of hydrogen-bond acceptors (Lipinski definition) is 7. The van der Waals surface area contributed by atoms with Crippen LogP contribution < -0.4 is 5.32 Å². The van der Waals surface area contributed by atoms with E-state index in [4.69, 9.17) is 14.9 Å². The van der Waals surface area contributed by atoms with E-state index >= 15 is 4.39 Å². The van der Waals surface area contributed by atoms with Crippen molar-refractivity contribution in [1.29, 1.82) is 5.41 Å². The van der Waals surface area contributed by atoms with Gasteiger partial charge in [0.1, 0.15) is 12.7 Å². The Bertz CT molecular complexity index is 761. The van der Waals surface area contributed by atoms with Crippen LogP contribution in [0.5, 0.6) is 0 Å². The number of ether oxygens (including phenoxy) is 2. The second-order valence-corrected chi connectivity index (χ2v) is 10.1. The molecule has 0 aliphatic carbocycles. The Labute approximate surface area is 226 Å². The zero-order valence-electron chi connectivity index (χ0n) is 23.0. The molecule has 0 radical (unpaired) electrons. The summed E-state index contributed by atoms with van der Waals surface area (Å²) in [6.07, 6.45) is 11.9. The Kier molecular flexibility index (Phi) is 17.3. The number of carboxylic acid groups (broad SMARTS) is 1. The van der Waals surface area contributed by atoms with Gasteiger partial charge in [-0.3, -0.25) is 9.59 Å². The number of aliphatic hydroxyl groups is 1. The molecule has 5 atom stereocenters. The molecule has 10 heteroatoms. The van der Waals surface area contributed by atoms with Crippen molar-refractivity contribution in [1.82, 2.24) is 5.32 Å². The van der Waals surface area contributed by atoms with Crippen molar-refractivity contribution in [3.05, 3.63) is 11.8 Å². The third kappa shape index (κ3) is 13.3. The number of aliphatic carboxylic acids is 1. The van der Waals surface area contributed by atoms with Crippen LogP contribution in [0.25, 0.3) is 0 Å². The zero-order chi connectivity index (χ0) is 28.3. The van der Waals surface area contributed by atoms with E-state index in [-0.39, 0.29) is 6.42 Å². The number of nitrogens with one attached hydrogen (secondary N) is 2. The minimum atomic E-state index is -2.18. The van der Waals surface area contributed by atoms with Crippen molar-refractivity contribution in [3.8, 4) is 0 Å². The maximum absolute atomic E-state index is 15.1. The largest absolute Gasteiger partial charge is 0.478 e. The lowest BCUT2D eigenvalue weighted by Gasteiger charge is -2.37. The molecule has 0 aromatic rings. The van der Waals surface area contributed by atoms with E-state index in [0.717, 1.165) is 31.6 Å². The van der Waals surface area contributed by atoms with E-state index in [1.165, 1.54) is 64.7 Å². The molecule has 9 nitrogen and oxygen atoms in total. The first-order chi connectivity index (χ1) is 18.2. The number of aliphatic hydroxyl groups excluding tert-OH is 1. The van der Waals surface area contributed by atoms with Crippen molar-refractivity contribution >= 4 is 24.1 Å². The maximum Gasteiger partial charge on any atom is 0.370 e. The van der Waals surface area contributed by atoms with E-state index in [0.29, 0.717) is 6.42 Å². The first-order valence-corrected chi connectivity index (χ1v) is 14.1. The van der Waals surface area contributed by atoms with E-state index in [1.54, 1.807) is 0 Å². The average molecular weight is 543 g/mol. The fourth-order valence-corrected chi connectivity index (χ4v) is 4.55. The monoisotopic (exact) mass is 542 g/mol. The molecule has 218 valence electrons. The number of carboxylic acids is 1. The number of carbonyl (C=O) groups excluding carboxylic acids is 2. The molecule has 0 aromatic carbocycles. The summed E-state index contributed by atoms with van der Waals surface area (Å²) >= 11 is 0. The van der Waals surface area contributed by atoms with Crippen LogP contribution in [0, 0.1) is 11.3 Å². The molecule has 4 N–H and O–H groups in total. The Hall–Kier alpha value is -2.49. The molecule has 0 spiro atoms. The number of amides is 1. The molecule has 1 aliphatic heterocycles. The van der Waals surface area contributed by atoms with Crippen molar-refractivity contribution in [3.63, 3.8) is 0 Å². The highest BCUT2D eigenvalue weighted by molar-refractivity contribution is 5.86. The van der Waals surface area contributed by atoms with Crippen LogP contribution in [-0.2, 0) is 23.9 Å². The van der Waals surface area contributed by atoms with Gasteiger partial charge in [0.2, 0.25) is 11.7 Å². The standard InChI is InChI=1S/C28H47FN2O7/c1-3-4-5-6-7-8-9-10-11-12-13-14-15-16-24(34)37-19-22(33)25(29)27-26(31-20(2)32)21(18-30)17-23(38-27)28(35)36/h17-18,21-22,25-27,30,33H,3-16,19H2,1-2H3,(H,31,32)(H,35,36)/t21-,22?,25?,26?,27+/m1/s1. The SMILES string of the molecule is CCCCCCCCCCCCCCCC(=O)OCC(O)C(F)[C@@H]1OC(C(=O)O)=C[C@H](C=N)C1NC(C)=O. The molecule has 0 saturated heterocycles. The summed E-state index contributed by atoms with van der Waals surface area (Å²) in [4.78, 5) is 35.0. The van der Waals surface area contributed by atoms with E-state index in [1.807, 2.05) is 0 Å². The number of hydrogen-bond donors (Lipinski definition) is 4. The quantitative estimate of drug-likeness (QED) is 0.0921. The van der Waals surface area contributed by atoms with E-state index in [9.17, 15) is 24.6 Å². The van der Waals surface area contributed by atoms with Crippen LogP contribution in [0.15, 0.2) is 11.8 Å². The van der Waals surface area contributed by atoms with Gasteiger partial charge >= 0.3 is 11.9 Å². The van der Waals surface area contributed by atoms with E-state index < -0.39 is 60.6 Å². The second kappa shape index (κ2) is 19.6. The maximum atomic E-state index is 15.1. The molecule has 3 unspecified atom stereocenters. The van der Waals surface area contributed by atoms with Gasteiger partial charge in [-0.15, -0.1) is 0 Å². The van der Waals surface area contributed by atoms with E-state index in [2.05, 4.69) is 12.2 Å². The third-order valence-corrected chi connectivity index (χ3v) is 6.73. The summed E-state index contributed by atoms with van der Waals surface area (Å²) in [5, 5.41) is 29.5. The summed E-state index contributed by atoms with van der Waals surface area (Å²) in [5.74, 6) is -4.08. The van der Waals surface area contributed by atoms with Gasteiger partial charge in [0.05, 0.1) is 6.04 Å². The zero-order valence-corrected chi connectivity index (χ0v) is 23.0. The summed E-state index contributed by atoms with van der Waals surface area (Å²) in [6.45, 7) is 2.78. The number of carbonyl (C=O) groups is 3. The number of rotatable bonds is 21. The van der Waals surface area contributed by atoms with Crippen LogP contribution in [0.1, 0.15) is 104 Å². The molecule has 0 aromatic heterocycles. The van der Waals surface area contributed by atoms with Gasteiger partial charge in [-0.1, -0.05) is 84.0 Å². The van der Waals surface area contributed by atoms with Crippen molar-refractivity contribution < 1.29 is 38.5 Å². The second-order valence-electron chi connectivity index (χ2n) is 10.1. The van der Waals surface area contributed by atoms with Crippen LogP contribution in [0.3, 0.4) is 0 Å². The highest BCUT2D eigenvalue weighted by atomic mass is 19.1. The summed E-state index contributed by atoms with van der Waals surface area (Å²) < 4.78 is 25.4. The third-order valence-electron chi connectivity index (χ3n) is 6.73. The highest BCUT2D eigenvalue weighted by Gasteiger charge is 2.44. The summed E-state index contributed by atoms with van der Waals surface area (Å²) in [7, 11) is 0. The summed E-state index contributed by atoms with van der Waals surface area (Å²) in [5.41, 5.74) is 0. The van der Waals surface area contributed by atoms with Gasteiger partial charge in [0.25, 0.3) is 0 Å². The van der Waals surface area contributed by atoms with Crippen LogP contribution >= 0.6 is 0 Å². The average Bonchev–Trinajstić information content (AvgIpc) is 2.89. The van der Waals surface area contributed by atoms with Gasteiger partial charge in [-0.2, -0.15) is 0 Å². The normalized spacial score (nSPS) is 20.5. The molecule has 1 aliphatic rings. The van der Waals surface area contributed by atoms with Gasteiger partial charge in [0, 0.05) is 25.5 Å². The first-order valence-electron chi connectivity index (χ1n) is 14.1. The molecule has 1 rings (SSSR count). The Morgan fingerprint density at radius 3 is 2.05 bits per heavy atom. The lowest BCUT2D eigenvalue weighted by Crippen LogP contribution is -2.57. The fraction of sp³-hybridized carbons (Fsp3) is 0.786. The van der Waals surface area contributed by atoms with Crippen molar-refractivity contribution in [2.24, 2.45) is 5.92 Å². The lowest BCUT2D eigenvalue weighted by molar-refractivity contribution is -0.151. The highest BCUT2D eigenvalue weighted by Crippen LogP contribution is 2.27. The van der Waals surface area contributed by atoms with Gasteiger partial charge < -0.3 is 30.4 Å². The number of halogens is 1. The minimum Gasteiger partial charge on any atom is -0.478 e. The Morgan fingerprint density at radius 1 is 1.05 bits per heavy atom. The molecule has 38 heavy (non-hydrogen) atoms. The van der Waals surface area contributed by atoms with Crippen LogP contribution in [0.4, 0.5) is 4.39 Å². The topological polar surface area (TPSA) is 146 Å². The molecule has 0 bridgehead atoms. The molecular formula is C28H47FN2O7. The molecule has 1 amide bonds. The minimum absolute atomic E-state index is 0.164. The molecule has 0 fully saturated rings. The van der Waals surface area contributed by atoms with Gasteiger partial charge in [-0.05, 0) is 12.5 Å².